The molecule has 1 amide bonds. The van der Waals surface area contributed by atoms with Gasteiger partial charge in [-0.3, -0.25) is 4.79 Å². The number of aromatic nitrogens is 2. The van der Waals surface area contributed by atoms with Crippen molar-refractivity contribution in [3.05, 3.63) is 47.2 Å². The number of carbonyl (C=O) groups is 1. The molecule has 1 aromatic carbocycles. The molecule has 3 saturated carbocycles. The average Bonchev–Trinajstić information content (AvgIpc) is 3.31. The van der Waals surface area contributed by atoms with Gasteiger partial charge in [-0.15, -0.1) is 0 Å². The average molecular weight is 487 g/mol. The van der Waals surface area contributed by atoms with Gasteiger partial charge < -0.3 is 10.6 Å². The highest BCUT2D eigenvalue weighted by Crippen LogP contribution is 2.55. The summed E-state index contributed by atoms with van der Waals surface area (Å²) < 4.78 is 43.2. The van der Waals surface area contributed by atoms with Crippen LogP contribution in [0.2, 0.25) is 0 Å². The summed E-state index contributed by atoms with van der Waals surface area (Å²) in [5, 5.41) is 10.6. The first-order chi connectivity index (χ1) is 16.7. The maximum Gasteiger partial charge on any atom is 0.410 e. The van der Waals surface area contributed by atoms with E-state index in [9.17, 15) is 18.0 Å². The molecule has 6 unspecified atom stereocenters. The minimum atomic E-state index is -4.46. The van der Waals surface area contributed by atoms with E-state index in [0.29, 0.717) is 17.8 Å². The Bertz CT molecular complexity index is 1110. The molecule has 3 bridgehead atoms. The number of alkyl halides is 3. The van der Waals surface area contributed by atoms with Gasteiger partial charge in [0.2, 0.25) is 0 Å². The lowest BCUT2D eigenvalue weighted by Crippen LogP contribution is -2.50. The smallest absolute Gasteiger partial charge is 0.363 e. The van der Waals surface area contributed by atoms with Crippen LogP contribution < -0.4 is 10.6 Å². The fraction of sp³-hybridized carbons (Fsp3) is 0.630. The largest absolute Gasteiger partial charge is 0.410 e. The van der Waals surface area contributed by atoms with Crippen molar-refractivity contribution in [1.29, 1.82) is 0 Å². The van der Waals surface area contributed by atoms with E-state index in [2.05, 4.69) is 15.7 Å². The van der Waals surface area contributed by atoms with Gasteiger partial charge in [-0.2, -0.15) is 18.3 Å². The number of halogens is 3. The van der Waals surface area contributed by atoms with E-state index in [1.165, 1.54) is 31.9 Å². The second-order valence-electron chi connectivity index (χ2n) is 11.3. The van der Waals surface area contributed by atoms with Crippen molar-refractivity contribution in [1.82, 2.24) is 15.1 Å². The van der Waals surface area contributed by atoms with E-state index in [1.807, 2.05) is 31.2 Å². The lowest BCUT2D eigenvalue weighted by Gasteiger charge is -2.39. The van der Waals surface area contributed by atoms with E-state index < -0.39 is 18.3 Å². The fourth-order valence-corrected chi connectivity index (χ4v) is 7.55. The zero-order valence-corrected chi connectivity index (χ0v) is 20.1. The Labute approximate surface area is 203 Å². The van der Waals surface area contributed by atoms with Crippen molar-refractivity contribution in [2.45, 2.75) is 88.5 Å². The monoisotopic (exact) mass is 486 g/mol. The molecule has 0 radical (unpaired) electrons. The maximum absolute atomic E-state index is 14.1. The second-order valence-corrected chi connectivity index (χ2v) is 11.3. The highest BCUT2D eigenvalue weighted by molar-refractivity contribution is 5.99. The molecule has 2 heterocycles. The minimum Gasteiger partial charge on any atom is -0.363 e. The maximum atomic E-state index is 14.1. The number of anilines is 1. The molecule has 8 heteroatoms. The Morgan fingerprint density at radius 2 is 1.91 bits per heavy atom. The van der Waals surface area contributed by atoms with Crippen LogP contribution in [0.3, 0.4) is 0 Å². The van der Waals surface area contributed by atoms with Crippen LogP contribution in [0.15, 0.2) is 30.5 Å². The third kappa shape index (κ3) is 4.02. The molecule has 2 aromatic rings. The third-order valence-electron chi connectivity index (χ3n) is 9.13. The van der Waals surface area contributed by atoms with Gasteiger partial charge in [0.1, 0.15) is 11.4 Å². The first-order valence-electron chi connectivity index (χ1n) is 13.1. The zero-order valence-electron chi connectivity index (χ0n) is 20.1. The third-order valence-corrected chi connectivity index (χ3v) is 9.13. The summed E-state index contributed by atoms with van der Waals surface area (Å²) in [7, 11) is 0. The molecule has 0 spiro atoms. The molecule has 2 N–H and O–H groups in total. The van der Waals surface area contributed by atoms with Crippen molar-refractivity contribution in [2.24, 2.45) is 17.8 Å². The number of nitrogens with one attached hydrogen (secondary N) is 2. The summed E-state index contributed by atoms with van der Waals surface area (Å²) in [5.41, 5.74) is 1.90. The quantitative estimate of drug-likeness (QED) is 0.541. The summed E-state index contributed by atoms with van der Waals surface area (Å²) >= 11 is 0. The molecule has 3 aliphatic carbocycles. The topological polar surface area (TPSA) is 59.0 Å². The van der Waals surface area contributed by atoms with Crippen molar-refractivity contribution < 1.29 is 18.0 Å². The van der Waals surface area contributed by atoms with E-state index in [0.717, 1.165) is 41.5 Å². The minimum absolute atomic E-state index is 0.167. The molecule has 188 valence electrons. The molecule has 5 nitrogen and oxygen atoms in total. The van der Waals surface area contributed by atoms with Gasteiger partial charge in [-0.1, -0.05) is 50.5 Å². The number of fused-ring (bicyclic) bond motifs is 3. The predicted octanol–water partition coefficient (Wildman–Crippen LogP) is 6.19. The zero-order chi connectivity index (χ0) is 24.4. The molecule has 4 aliphatic rings. The molecule has 6 rings (SSSR count). The lowest BCUT2D eigenvalue weighted by molar-refractivity contribution is -0.173. The Kier molecular flexibility index (Phi) is 5.42. The van der Waals surface area contributed by atoms with Gasteiger partial charge in [0.25, 0.3) is 5.91 Å². The number of hydrogen-bond acceptors (Lipinski definition) is 3. The van der Waals surface area contributed by atoms with E-state index in [4.69, 9.17) is 0 Å². The molecule has 3 fully saturated rings. The molecular weight excluding hydrogens is 453 g/mol. The SMILES string of the molecule is CCc1ccc(C2CC(C(F)(F)F)n3ncc(C(=O)NC45CC6CCCC(C4)C(C6)C5)c3N2)cc1. The van der Waals surface area contributed by atoms with Crippen LogP contribution in [0, 0.1) is 17.8 Å². The number of amides is 1. The predicted molar refractivity (Wildman–Crippen MR) is 127 cm³/mol. The first-order valence-corrected chi connectivity index (χ1v) is 13.1. The van der Waals surface area contributed by atoms with Gasteiger partial charge in [0, 0.05) is 12.0 Å². The molecule has 1 aromatic heterocycles. The van der Waals surface area contributed by atoms with Gasteiger partial charge in [0.15, 0.2) is 6.04 Å². The van der Waals surface area contributed by atoms with Crippen LogP contribution in [-0.4, -0.2) is 27.4 Å². The van der Waals surface area contributed by atoms with Gasteiger partial charge in [0.05, 0.1) is 12.2 Å². The number of nitrogens with zero attached hydrogens (tertiary/aromatic N) is 2. The second kappa shape index (κ2) is 8.27. The van der Waals surface area contributed by atoms with Gasteiger partial charge in [-0.05, 0) is 61.0 Å². The summed E-state index contributed by atoms with van der Waals surface area (Å²) in [4.78, 5) is 13.5. The normalized spacial score (nSPS) is 33.7. The van der Waals surface area contributed by atoms with E-state index in [1.54, 1.807) is 0 Å². The number of rotatable bonds is 4. The fourth-order valence-electron chi connectivity index (χ4n) is 7.55. The van der Waals surface area contributed by atoms with Crippen LogP contribution in [0.5, 0.6) is 0 Å². The molecule has 0 saturated heterocycles. The van der Waals surface area contributed by atoms with Gasteiger partial charge in [-0.25, -0.2) is 4.68 Å². The Morgan fingerprint density at radius 1 is 1.14 bits per heavy atom. The Balaban J connectivity index is 1.29. The number of benzene rings is 1. The summed E-state index contributed by atoms with van der Waals surface area (Å²) in [6.07, 6.45) is 5.51. The number of carbonyl (C=O) groups excluding carboxylic acids is 1. The van der Waals surface area contributed by atoms with Crippen LogP contribution in [-0.2, 0) is 6.42 Å². The van der Waals surface area contributed by atoms with Crippen molar-refractivity contribution in [3.8, 4) is 0 Å². The van der Waals surface area contributed by atoms with Gasteiger partial charge >= 0.3 is 6.18 Å². The summed E-state index contributed by atoms with van der Waals surface area (Å²) in [6.45, 7) is 2.04. The van der Waals surface area contributed by atoms with Crippen molar-refractivity contribution in [3.63, 3.8) is 0 Å². The van der Waals surface area contributed by atoms with E-state index in [-0.39, 0.29) is 29.2 Å². The number of aryl methyl sites for hydroxylation is 1. The number of hydrogen-bond donors (Lipinski definition) is 2. The van der Waals surface area contributed by atoms with Crippen LogP contribution in [0.1, 0.15) is 91.9 Å². The molecule has 35 heavy (non-hydrogen) atoms. The van der Waals surface area contributed by atoms with Crippen molar-refractivity contribution in [2.75, 3.05) is 5.32 Å². The van der Waals surface area contributed by atoms with Crippen molar-refractivity contribution >= 4 is 11.7 Å². The molecule has 6 atom stereocenters. The first kappa shape index (κ1) is 22.9. The lowest BCUT2D eigenvalue weighted by atomic mass is 9.75. The highest BCUT2D eigenvalue weighted by Gasteiger charge is 2.53. The van der Waals surface area contributed by atoms with Crippen LogP contribution >= 0.6 is 0 Å². The Hall–Kier alpha value is -2.51. The highest BCUT2D eigenvalue weighted by atomic mass is 19.4. The summed E-state index contributed by atoms with van der Waals surface area (Å²) in [6, 6.07) is 5.34. The van der Waals surface area contributed by atoms with Crippen LogP contribution in [0.25, 0.3) is 0 Å². The van der Waals surface area contributed by atoms with Crippen LogP contribution in [0.4, 0.5) is 19.0 Å². The summed E-state index contributed by atoms with van der Waals surface area (Å²) in [5.74, 6) is 1.84. The Morgan fingerprint density at radius 3 is 2.66 bits per heavy atom. The standard InChI is InChI=1S/C27H33F3N4O/c1-2-16-6-8-18(9-7-16)22-11-23(27(28,29)30)34-24(32-22)21(15-31-34)25(35)33-26-12-17-4-3-5-19(13-26)20(10-17)14-26/h6-9,15,17,19-20,22-23,32H,2-5,10-14H2,1H3,(H,33,35). The molecular formula is C27H33F3N4O. The molecule has 1 aliphatic heterocycles. The van der Waals surface area contributed by atoms with E-state index >= 15 is 0 Å².